The first-order valence-electron chi connectivity index (χ1n) is 6.81. The lowest BCUT2D eigenvalue weighted by Crippen LogP contribution is -2.30. The number of anilines is 1. The average molecular weight is 244 g/mol. The summed E-state index contributed by atoms with van der Waals surface area (Å²) in [6, 6.07) is 8.12. The minimum atomic E-state index is 0.815. The molecule has 1 aliphatic heterocycles. The quantitative estimate of drug-likeness (QED) is 0.774. The van der Waals surface area contributed by atoms with Crippen LogP contribution in [0.3, 0.4) is 0 Å². The highest BCUT2D eigenvalue weighted by Crippen LogP contribution is 2.16. The number of imidazole rings is 1. The van der Waals surface area contributed by atoms with E-state index in [9.17, 15) is 0 Å². The molecule has 1 aromatic carbocycles. The van der Waals surface area contributed by atoms with Gasteiger partial charge < -0.3 is 15.6 Å². The van der Waals surface area contributed by atoms with Crippen molar-refractivity contribution in [3.05, 3.63) is 24.3 Å². The van der Waals surface area contributed by atoms with Crippen molar-refractivity contribution < 1.29 is 0 Å². The first-order valence-corrected chi connectivity index (χ1v) is 6.81. The van der Waals surface area contributed by atoms with Crippen LogP contribution in [0.1, 0.15) is 19.3 Å². The van der Waals surface area contributed by atoms with Crippen molar-refractivity contribution in [3.8, 4) is 0 Å². The average Bonchev–Trinajstić information content (AvgIpc) is 2.82. The van der Waals surface area contributed by atoms with Crippen molar-refractivity contribution in [2.75, 3.05) is 25.0 Å². The second kappa shape index (κ2) is 5.40. The van der Waals surface area contributed by atoms with Gasteiger partial charge in [0, 0.05) is 6.54 Å². The van der Waals surface area contributed by atoms with Gasteiger partial charge in [-0.25, -0.2) is 4.98 Å². The maximum atomic E-state index is 4.51. The fraction of sp³-hybridized carbons (Fsp3) is 0.500. The van der Waals surface area contributed by atoms with E-state index in [1.54, 1.807) is 0 Å². The third-order valence-corrected chi connectivity index (χ3v) is 3.63. The molecule has 4 heteroatoms. The molecule has 1 unspecified atom stereocenters. The highest BCUT2D eigenvalue weighted by atomic mass is 15.1. The summed E-state index contributed by atoms with van der Waals surface area (Å²) in [5.41, 5.74) is 2.12. The Morgan fingerprint density at radius 2 is 2.28 bits per heavy atom. The fourth-order valence-corrected chi connectivity index (χ4v) is 2.60. The minimum Gasteiger partial charge on any atom is -0.356 e. The zero-order valence-corrected chi connectivity index (χ0v) is 10.6. The predicted molar refractivity (Wildman–Crippen MR) is 74.8 cm³/mol. The molecule has 0 aliphatic carbocycles. The van der Waals surface area contributed by atoms with Gasteiger partial charge >= 0.3 is 0 Å². The molecule has 4 nitrogen and oxygen atoms in total. The fourth-order valence-electron chi connectivity index (χ4n) is 2.60. The van der Waals surface area contributed by atoms with E-state index in [1.807, 2.05) is 18.2 Å². The number of benzene rings is 1. The second-order valence-corrected chi connectivity index (χ2v) is 5.03. The van der Waals surface area contributed by atoms with Gasteiger partial charge in [-0.3, -0.25) is 0 Å². The van der Waals surface area contributed by atoms with Crippen LogP contribution in [0.25, 0.3) is 11.0 Å². The van der Waals surface area contributed by atoms with E-state index in [4.69, 9.17) is 0 Å². The molecule has 2 heterocycles. The second-order valence-electron chi connectivity index (χ2n) is 5.03. The van der Waals surface area contributed by atoms with E-state index >= 15 is 0 Å². The summed E-state index contributed by atoms with van der Waals surface area (Å²) in [7, 11) is 0. The van der Waals surface area contributed by atoms with Crippen molar-refractivity contribution in [2.45, 2.75) is 19.3 Å². The lowest BCUT2D eigenvalue weighted by Gasteiger charge is -2.22. The minimum absolute atomic E-state index is 0.815. The Morgan fingerprint density at radius 1 is 1.33 bits per heavy atom. The van der Waals surface area contributed by atoms with Crippen LogP contribution in [0.4, 0.5) is 5.95 Å². The van der Waals surface area contributed by atoms with Crippen LogP contribution < -0.4 is 10.6 Å². The number of hydrogen-bond acceptors (Lipinski definition) is 3. The van der Waals surface area contributed by atoms with E-state index in [2.05, 4.69) is 26.7 Å². The zero-order valence-electron chi connectivity index (χ0n) is 10.6. The molecule has 0 spiro atoms. The summed E-state index contributed by atoms with van der Waals surface area (Å²) in [6.07, 6.45) is 3.88. The number of nitrogens with one attached hydrogen (secondary N) is 3. The van der Waals surface area contributed by atoms with Gasteiger partial charge in [-0.2, -0.15) is 0 Å². The molecule has 18 heavy (non-hydrogen) atoms. The number of piperidine rings is 1. The standard InChI is InChI=1S/C14H20N4/c1-2-6-13-12(5-1)17-14(18-13)16-9-7-11-4-3-8-15-10-11/h1-2,5-6,11,15H,3-4,7-10H2,(H2,16,17,18). The number of rotatable bonds is 4. The van der Waals surface area contributed by atoms with Gasteiger partial charge in [0.15, 0.2) is 0 Å². The summed E-state index contributed by atoms with van der Waals surface area (Å²) in [5.74, 6) is 1.70. The Bertz CT molecular complexity index is 466. The number of aromatic nitrogens is 2. The Kier molecular flexibility index (Phi) is 3.46. The number of hydrogen-bond donors (Lipinski definition) is 3. The van der Waals surface area contributed by atoms with Crippen molar-refractivity contribution in [1.29, 1.82) is 0 Å². The molecule has 1 aromatic heterocycles. The number of aromatic amines is 1. The number of fused-ring (bicyclic) bond motifs is 1. The molecule has 2 aromatic rings. The molecule has 0 bridgehead atoms. The van der Waals surface area contributed by atoms with Crippen LogP contribution in [-0.4, -0.2) is 29.6 Å². The number of nitrogens with zero attached hydrogens (tertiary/aromatic N) is 1. The van der Waals surface area contributed by atoms with Gasteiger partial charge in [0.25, 0.3) is 0 Å². The summed E-state index contributed by atoms with van der Waals surface area (Å²) in [5, 5.41) is 6.84. The highest BCUT2D eigenvalue weighted by molar-refractivity contribution is 5.77. The van der Waals surface area contributed by atoms with Crippen LogP contribution >= 0.6 is 0 Å². The molecule has 0 radical (unpaired) electrons. The third kappa shape index (κ3) is 2.64. The number of H-pyrrole nitrogens is 1. The lowest BCUT2D eigenvalue weighted by molar-refractivity contribution is 0.364. The zero-order chi connectivity index (χ0) is 12.2. The summed E-state index contributed by atoms with van der Waals surface area (Å²) >= 11 is 0. The molecule has 96 valence electrons. The third-order valence-electron chi connectivity index (χ3n) is 3.63. The summed E-state index contributed by atoms with van der Waals surface area (Å²) in [4.78, 5) is 7.81. The van der Waals surface area contributed by atoms with Crippen LogP contribution in [-0.2, 0) is 0 Å². The Balaban J connectivity index is 1.53. The Labute approximate surface area is 107 Å². The maximum Gasteiger partial charge on any atom is 0.201 e. The molecule has 1 aliphatic rings. The lowest BCUT2D eigenvalue weighted by atomic mass is 9.96. The monoisotopic (exact) mass is 244 g/mol. The van der Waals surface area contributed by atoms with E-state index in [-0.39, 0.29) is 0 Å². The first kappa shape index (κ1) is 11.5. The largest absolute Gasteiger partial charge is 0.356 e. The molecule has 1 saturated heterocycles. The normalized spacial score (nSPS) is 20.1. The molecular formula is C14H20N4. The van der Waals surface area contributed by atoms with E-state index in [0.29, 0.717) is 0 Å². The number of para-hydroxylation sites is 2. The van der Waals surface area contributed by atoms with Gasteiger partial charge in [0.2, 0.25) is 5.95 Å². The van der Waals surface area contributed by atoms with E-state index in [0.717, 1.165) is 29.4 Å². The van der Waals surface area contributed by atoms with Crippen molar-refractivity contribution in [1.82, 2.24) is 15.3 Å². The highest BCUT2D eigenvalue weighted by Gasteiger charge is 2.12. The van der Waals surface area contributed by atoms with Crippen molar-refractivity contribution in [2.24, 2.45) is 5.92 Å². The van der Waals surface area contributed by atoms with E-state index in [1.165, 1.54) is 32.4 Å². The van der Waals surface area contributed by atoms with Gasteiger partial charge in [-0.15, -0.1) is 0 Å². The van der Waals surface area contributed by atoms with Crippen LogP contribution in [0.5, 0.6) is 0 Å². The van der Waals surface area contributed by atoms with Gasteiger partial charge in [0.05, 0.1) is 11.0 Å². The van der Waals surface area contributed by atoms with Crippen LogP contribution in [0, 0.1) is 5.92 Å². The molecule has 0 amide bonds. The van der Waals surface area contributed by atoms with Gasteiger partial charge in [0.1, 0.15) is 0 Å². The first-order chi connectivity index (χ1) is 8.92. The maximum absolute atomic E-state index is 4.51. The van der Waals surface area contributed by atoms with E-state index < -0.39 is 0 Å². The molecule has 1 fully saturated rings. The van der Waals surface area contributed by atoms with Gasteiger partial charge in [-0.05, 0) is 50.4 Å². The SMILES string of the molecule is c1ccc2[nH]c(NCCC3CCCNC3)nc2c1. The van der Waals surface area contributed by atoms with Crippen molar-refractivity contribution >= 4 is 17.0 Å². The molecule has 3 rings (SSSR count). The summed E-state index contributed by atoms with van der Waals surface area (Å²) < 4.78 is 0. The molecule has 3 N–H and O–H groups in total. The Morgan fingerprint density at radius 3 is 3.11 bits per heavy atom. The van der Waals surface area contributed by atoms with Crippen LogP contribution in [0.15, 0.2) is 24.3 Å². The smallest absolute Gasteiger partial charge is 0.201 e. The summed E-state index contributed by atoms with van der Waals surface area (Å²) in [6.45, 7) is 3.35. The van der Waals surface area contributed by atoms with Crippen molar-refractivity contribution in [3.63, 3.8) is 0 Å². The topological polar surface area (TPSA) is 52.7 Å². The van der Waals surface area contributed by atoms with Gasteiger partial charge in [-0.1, -0.05) is 12.1 Å². The molecule has 1 atom stereocenters. The molecular weight excluding hydrogens is 224 g/mol. The van der Waals surface area contributed by atoms with Crippen LogP contribution in [0.2, 0.25) is 0 Å². The Hall–Kier alpha value is -1.55. The predicted octanol–water partition coefficient (Wildman–Crippen LogP) is 2.36. The molecule has 0 saturated carbocycles.